The molecule has 0 bridgehead atoms. The van der Waals surface area contributed by atoms with Crippen molar-refractivity contribution in [1.29, 1.82) is 0 Å². The third-order valence-electron chi connectivity index (χ3n) is 3.43. The Labute approximate surface area is 152 Å². The summed E-state index contributed by atoms with van der Waals surface area (Å²) in [7, 11) is 0. The molecule has 0 aliphatic heterocycles. The van der Waals surface area contributed by atoms with E-state index >= 15 is 0 Å². The van der Waals surface area contributed by atoms with Gasteiger partial charge in [0.15, 0.2) is 11.5 Å². The SMILES string of the molecule is C[C@@H](OC(=O)OC(C)(C)C)[C@@H](C)OC(=O)[C@@H](N)Cc1ccc(O)c(O)c1. The Hall–Kier alpha value is -2.48. The number of benzene rings is 1. The second-order valence-electron chi connectivity index (χ2n) is 7.06. The largest absolute Gasteiger partial charge is 0.509 e. The fourth-order valence-electron chi connectivity index (χ4n) is 1.92. The van der Waals surface area contributed by atoms with Crippen molar-refractivity contribution in [3.05, 3.63) is 23.8 Å². The summed E-state index contributed by atoms with van der Waals surface area (Å²) >= 11 is 0. The van der Waals surface area contributed by atoms with Crippen LogP contribution in [0, 0.1) is 0 Å². The van der Waals surface area contributed by atoms with Gasteiger partial charge in [0.1, 0.15) is 23.9 Å². The number of carbonyl (C=O) groups is 2. The van der Waals surface area contributed by atoms with E-state index in [1.54, 1.807) is 40.7 Å². The first-order valence-corrected chi connectivity index (χ1v) is 8.25. The second-order valence-corrected chi connectivity index (χ2v) is 7.06. The van der Waals surface area contributed by atoms with Crippen LogP contribution in [0.2, 0.25) is 0 Å². The predicted octanol–water partition coefficient (Wildman–Crippen LogP) is 2.24. The normalized spacial score (nSPS) is 14.8. The lowest BCUT2D eigenvalue weighted by Gasteiger charge is -2.24. The van der Waals surface area contributed by atoms with Crippen LogP contribution in [-0.2, 0) is 25.4 Å². The number of aromatic hydroxyl groups is 2. The summed E-state index contributed by atoms with van der Waals surface area (Å²) in [6.45, 7) is 8.28. The van der Waals surface area contributed by atoms with Crippen LogP contribution in [0.4, 0.5) is 4.79 Å². The standard InChI is InChI=1S/C18H27NO7/c1-10(11(2)25-17(23)26-18(3,4)5)24-16(22)13(19)8-12-6-7-14(20)15(21)9-12/h6-7,9-11,13,20-21H,8,19H2,1-5H3/t10-,11-,13+/m1/s1. The number of hydrogen-bond donors (Lipinski definition) is 3. The van der Waals surface area contributed by atoms with Crippen molar-refractivity contribution in [2.75, 3.05) is 0 Å². The van der Waals surface area contributed by atoms with Gasteiger partial charge in [0, 0.05) is 0 Å². The highest BCUT2D eigenvalue weighted by Crippen LogP contribution is 2.25. The molecule has 0 aliphatic carbocycles. The molecule has 26 heavy (non-hydrogen) atoms. The molecule has 0 aromatic heterocycles. The van der Waals surface area contributed by atoms with Gasteiger partial charge in [0.05, 0.1) is 0 Å². The van der Waals surface area contributed by atoms with Gasteiger partial charge in [-0.05, 0) is 58.7 Å². The van der Waals surface area contributed by atoms with Gasteiger partial charge in [-0.1, -0.05) is 6.07 Å². The van der Waals surface area contributed by atoms with E-state index in [-0.39, 0.29) is 17.9 Å². The predicted molar refractivity (Wildman–Crippen MR) is 93.8 cm³/mol. The van der Waals surface area contributed by atoms with Gasteiger partial charge in [-0.3, -0.25) is 4.79 Å². The van der Waals surface area contributed by atoms with Gasteiger partial charge in [-0.2, -0.15) is 0 Å². The molecule has 146 valence electrons. The average molecular weight is 369 g/mol. The van der Waals surface area contributed by atoms with E-state index in [4.69, 9.17) is 19.9 Å². The fourth-order valence-corrected chi connectivity index (χ4v) is 1.92. The molecule has 1 rings (SSSR count). The van der Waals surface area contributed by atoms with Crippen molar-refractivity contribution in [1.82, 2.24) is 0 Å². The van der Waals surface area contributed by atoms with Crippen molar-refractivity contribution in [3.8, 4) is 11.5 Å². The summed E-state index contributed by atoms with van der Waals surface area (Å²) in [5, 5.41) is 18.8. The lowest BCUT2D eigenvalue weighted by molar-refractivity contribution is -0.156. The summed E-state index contributed by atoms with van der Waals surface area (Å²) in [6.07, 6.45) is -2.19. The van der Waals surface area contributed by atoms with Crippen LogP contribution in [0.15, 0.2) is 18.2 Å². The van der Waals surface area contributed by atoms with E-state index in [0.29, 0.717) is 5.56 Å². The van der Waals surface area contributed by atoms with Crippen molar-refractivity contribution < 1.29 is 34.0 Å². The minimum Gasteiger partial charge on any atom is -0.504 e. The highest BCUT2D eigenvalue weighted by Gasteiger charge is 2.26. The quantitative estimate of drug-likeness (QED) is 0.514. The highest BCUT2D eigenvalue weighted by atomic mass is 16.7. The zero-order valence-electron chi connectivity index (χ0n) is 15.7. The molecular weight excluding hydrogens is 342 g/mol. The number of carbonyl (C=O) groups excluding carboxylic acids is 2. The van der Waals surface area contributed by atoms with Crippen LogP contribution >= 0.6 is 0 Å². The lowest BCUT2D eigenvalue weighted by atomic mass is 10.1. The lowest BCUT2D eigenvalue weighted by Crippen LogP contribution is -2.40. The first kappa shape index (κ1) is 21.6. The van der Waals surface area contributed by atoms with Crippen LogP contribution in [0.25, 0.3) is 0 Å². The second kappa shape index (κ2) is 8.75. The molecule has 0 saturated heterocycles. The summed E-state index contributed by atoms with van der Waals surface area (Å²) in [5.41, 5.74) is 5.70. The molecular formula is C18H27NO7. The Morgan fingerprint density at radius 2 is 1.65 bits per heavy atom. The number of phenols is 2. The van der Waals surface area contributed by atoms with Gasteiger partial charge in [-0.15, -0.1) is 0 Å². The van der Waals surface area contributed by atoms with Crippen LogP contribution in [0.5, 0.6) is 11.5 Å². The summed E-state index contributed by atoms with van der Waals surface area (Å²) in [6, 6.07) is 3.19. The molecule has 0 unspecified atom stereocenters. The maximum atomic E-state index is 12.1. The van der Waals surface area contributed by atoms with Crippen LogP contribution in [0.1, 0.15) is 40.2 Å². The first-order valence-electron chi connectivity index (χ1n) is 8.25. The maximum Gasteiger partial charge on any atom is 0.509 e. The summed E-state index contributed by atoms with van der Waals surface area (Å²) in [5.74, 6) is -1.23. The van der Waals surface area contributed by atoms with Crippen LogP contribution < -0.4 is 5.73 Å². The number of nitrogens with two attached hydrogens (primary N) is 1. The molecule has 3 atom stereocenters. The first-order chi connectivity index (χ1) is 11.9. The summed E-state index contributed by atoms with van der Waals surface area (Å²) in [4.78, 5) is 23.7. The molecule has 1 aromatic carbocycles. The Kier molecular flexibility index (Phi) is 7.26. The van der Waals surface area contributed by atoms with Gasteiger partial charge in [0.25, 0.3) is 0 Å². The number of rotatable bonds is 6. The molecule has 0 saturated carbocycles. The number of ether oxygens (including phenoxy) is 3. The van der Waals surface area contributed by atoms with Crippen molar-refractivity contribution in [3.63, 3.8) is 0 Å². The van der Waals surface area contributed by atoms with Crippen molar-refractivity contribution in [2.24, 2.45) is 5.73 Å². The Bertz CT molecular complexity index is 639. The minimum absolute atomic E-state index is 0.112. The third-order valence-corrected chi connectivity index (χ3v) is 3.43. The number of hydrogen-bond acceptors (Lipinski definition) is 8. The molecule has 0 amide bonds. The molecule has 0 radical (unpaired) electrons. The molecule has 8 nitrogen and oxygen atoms in total. The molecule has 8 heteroatoms. The van der Waals surface area contributed by atoms with Crippen LogP contribution in [-0.4, -0.2) is 46.2 Å². The van der Waals surface area contributed by atoms with E-state index in [0.717, 1.165) is 0 Å². The Morgan fingerprint density at radius 3 is 2.19 bits per heavy atom. The third kappa shape index (κ3) is 7.18. The average Bonchev–Trinajstić information content (AvgIpc) is 2.48. The molecule has 0 spiro atoms. The van der Waals surface area contributed by atoms with E-state index in [9.17, 15) is 19.8 Å². The zero-order valence-corrected chi connectivity index (χ0v) is 15.7. The Balaban J connectivity index is 2.54. The molecule has 0 fully saturated rings. The maximum absolute atomic E-state index is 12.1. The molecule has 4 N–H and O–H groups in total. The molecule has 0 heterocycles. The minimum atomic E-state index is -0.977. The fraction of sp³-hybridized carbons (Fsp3) is 0.556. The topological polar surface area (TPSA) is 128 Å². The van der Waals surface area contributed by atoms with Crippen LogP contribution in [0.3, 0.4) is 0 Å². The van der Waals surface area contributed by atoms with Crippen molar-refractivity contribution >= 4 is 12.1 Å². The monoisotopic (exact) mass is 369 g/mol. The van der Waals surface area contributed by atoms with Crippen molar-refractivity contribution in [2.45, 2.75) is 64.9 Å². The van der Waals surface area contributed by atoms with Gasteiger partial charge in [-0.25, -0.2) is 4.79 Å². The Morgan fingerprint density at radius 1 is 1.08 bits per heavy atom. The highest BCUT2D eigenvalue weighted by molar-refractivity contribution is 5.76. The van der Waals surface area contributed by atoms with E-state index in [1.807, 2.05) is 0 Å². The number of esters is 1. The van der Waals surface area contributed by atoms with E-state index in [2.05, 4.69) is 0 Å². The van der Waals surface area contributed by atoms with E-state index in [1.165, 1.54) is 12.1 Å². The summed E-state index contributed by atoms with van der Waals surface area (Å²) < 4.78 is 15.3. The molecule has 1 aromatic rings. The van der Waals surface area contributed by atoms with E-state index < -0.39 is 36.0 Å². The van der Waals surface area contributed by atoms with Gasteiger partial charge in [0.2, 0.25) is 0 Å². The smallest absolute Gasteiger partial charge is 0.504 e. The zero-order chi connectivity index (χ0) is 20.1. The molecule has 0 aliphatic rings. The number of phenolic OH excluding ortho intramolecular Hbond substituents is 2. The van der Waals surface area contributed by atoms with Gasteiger partial charge < -0.3 is 30.2 Å². The van der Waals surface area contributed by atoms with Gasteiger partial charge >= 0.3 is 12.1 Å².